The van der Waals surface area contributed by atoms with Crippen molar-refractivity contribution >= 4 is 11.8 Å². The molecule has 1 N–H and O–H groups in total. The molecular formula is C19H30N4O2. The first-order valence-corrected chi connectivity index (χ1v) is 9.78. The number of nitriles is 1. The molecule has 2 saturated heterocycles. The van der Waals surface area contributed by atoms with Gasteiger partial charge in [0.25, 0.3) is 0 Å². The molecule has 0 unspecified atom stereocenters. The van der Waals surface area contributed by atoms with Crippen molar-refractivity contribution in [3.05, 3.63) is 0 Å². The van der Waals surface area contributed by atoms with Gasteiger partial charge < -0.3 is 10.2 Å². The molecule has 25 heavy (non-hydrogen) atoms. The Labute approximate surface area is 150 Å². The van der Waals surface area contributed by atoms with Crippen LogP contribution in [0.5, 0.6) is 0 Å². The largest absolute Gasteiger partial charge is 0.338 e. The molecule has 2 heterocycles. The van der Waals surface area contributed by atoms with Gasteiger partial charge >= 0.3 is 0 Å². The van der Waals surface area contributed by atoms with Crippen molar-refractivity contribution in [2.24, 2.45) is 0 Å². The van der Waals surface area contributed by atoms with Gasteiger partial charge in [-0.25, -0.2) is 0 Å². The van der Waals surface area contributed by atoms with Crippen molar-refractivity contribution < 1.29 is 9.59 Å². The zero-order chi connectivity index (χ0) is 17.9. The topological polar surface area (TPSA) is 76.4 Å². The van der Waals surface area contributed by atoms with Crippen LogP contribution in [0.3, 0.4) is 0 Å². The highest BCUT2D eigenvalue weighted by Gasteiger charge is 2.40. The van der Waals surface area contributed by atoms with E-state index >= 15 is 0 Å². The number of likely N-dealkylation sites (tertiary alicyclic amines) is 2. The van der Waals surface area contributed by atoms with Crippen LogP contribution in [-0.4, -0.2) is 58.9 Å². The summed E-state index contributed by atoms with van der Waals surface area (Å²) in [5, 5.41) is 12.6. The second kappa shape index (κ2) is 7.74. The molecule has 0 spiro atoms. The Balaban J connectivity index is 1.60. The molecule has 3 aliphatic rings. The summed E-state index contributed by atoms with van der Waals surface area (Å²) in [6.07, 6.45) is 8.90. The van der Waals surface area contributed by atoms with Crippen LogP contribution in [0.2, 0.25) is 0 Å². The van der Waals surface area contributed by atoms with Gasteiger partial charge in [0.1, 0.15) is 5.54 Å². The van der Waals surface area contributed by atoms with Crippen LogP contribution in [0.4, 0.5) is 0 Å². The SMILES string of the molecule is CC(=O)N1CCC[C@@H]1[C@@H]1CCCN1CC(=O)NC1(C#N)CCCCC1. The van der Waals surface area contributed by atoms with E-state index in [1.807, 2.05) is 4.90 Å². The smallest absolute Gasteiger partial charge is 0.235 e. The van der Waals surface area contributed by atoms with E-state index in [9.17, 15) is 14.9 Å². The van der Waals surface area contributed by atoms with E-state index < -0.39 is 5.54 Å². The number of rotatable bonds is 4. The van der Waals surface area contributed by atoms with Crippen LogP contribution >= 0.6 is 0 Å². The minimum absolute atomic E-state index is 0.0391. The minimum Gasteiger partial charge on any atom is -0.338 e. The van der Waals surface area contributed by atoms with E-state index in [2.05, 4.69) is 16.3 Å². The molecule has 2 atom stereocenters. The quantitative estimate of drug-likeness (QED) is 0.842. The van der Waals surface area contributed by atoms with Gasteiger partial charge in [-0.15, -0.1) is 0 Å². The van der Waals surface area contributed by atoms with Crippen molar-refractivity contribution in [1.82, 2.24) is 15.1 Å². The standard InChI is InChI=1S/C19H30N4O2/c1-15(24)23-12-6-8-17(23)16-7-5-11-22(16)13-18(25)21-19(14-20)9-3-2-4-10-19/h16-17H,2-13H2,1H3,(H,21,25)/t16-,17+/m0/s1. The zero-order valence-electron chi connectivity index (χ0n) is 15.3. The Morgan fingerprint density at radius 2 is 1.76 bits per heavy atom. The lowest BCUT2D eigenvalue weighted by Gasteiger charge is -2.36. The number of nitrogens with one attached hydrogen (secondary N) is 1. The lowest BCUT2D eigenvalue weighted by Crippen LogP contribution is -2.54. The molecule has 0 aromatic rings. The third kappa shape index (κ3) is 3.98. The van der Waals surface area contributed by atoms with E-state index in [0.29, 0.717) is 6.54 Å². The molecule has 2 aliphatic heterocycles. The van der Waals surface area contributed by atoms with Crippen LogP contribution in [-0.2, 0) is 9.59 Å². The fourth-order valence-electron chi connectivity index (χ4n) is 4.98. The number of hydrogen-bond acceptors (Lipinski definition) is 4. The second-order valence-electron chi connectivity index (χ2n) is 7.90. The number of hydrogen-bond donors (Lipinski definition) is 1. The molecule has 3 rings (SSSR count). The maximum absolute atomic E-state index is 12.6. The average Bonchev–Trinajstić information content (AvgIpc) is 3.24. The van der Waals surface area contributed by atoms with E-state index in [4.69, 9.17) is 0 Å². The van der Waals surface area contributed by atoms with Gasteiger partial charge in [-0.05, 0) is 45.1 Å². The van der Waals surface area contributed by atoms with Crippen LogP contribution in [0.25, 0.3) is 0 Å². The fourth-order valence-corrected chi connectivity index (χ4v) is 4.98. The van der Waals surface area contributed by atoms with Crippen molar-refractivity contribution in [2.75, 3.05) is 19.6 Å². The molecule has 6 nitrogen and oxygen atoms in total. The van der Waals surface area contributed by atoms with Crippen LogP contribution in [0, 0.1) is 11.3 Å². The highest BCUT2D eigenvalue weighted by molar-refractivity contribution is 5.79. The van der Waals surface area contributed by atoms with Crippen LogP contribution in [0.1, 0.15) is 64.7 Å². The molecule has 6 heteroatoms. The van der Waals surface area contributed by atoms with Gasteiger partial charge in [-0.2, -0.15) is 5.26 Å². The molecule has 3 fully saturated rings. The first-order valence-electron chi connectivity index (χ1n) is 9.78. The molecule has 0 radical (unpaired) electrons. The number of carbonyl (C=O) groups excluding carboxylic acids is 2. The minimum atomic E-state index is -0.663. The lowest BCUT2D eigenvalue weighted by atomic mass is 9.83. The summed E-state index contributed by atoms with van der Waals surface area (Å²) in [6, 6.07) is 2.88. The average molecular weight is 346 g/mol. The number of amides is 2. The van der Waals surface area contributed by atoms with Gasteiger partial charge in [-0.3, -0.25) is 14.5 Å². The molecule has 138 valence electrons. The predicted molar refractivity (Wildman–Crippen MR) is 94.6 cm³/mol. The highest BCUT2D eigenvalue weighted by Crippen LogP contribution is 2.31. The summed E-state index contributed by atoms with van der Waals surface area (Å²) in [5.74, 6) is 0.104. The Kier molecular flexibility index (Phi) is 5.63. The maximum Gasteiger partial charge on any atom is 0.235 e. The van der Waals surface area contributed by atoms with Gasteiger partial charge in [0.2, 0.25) is 11.8 Å². The van der Waals surface area contributed by atoms with Crippen LogP contribution < -0.4 is 5.32 Å². The van der Waals surface area contributed by atoms with Gasteiger partial charge in [0, 0.05) is 25.6 Å². The van der Waals surface area contributed by atoms with Crippen molar-refractivity contribution in [1.29, 1.82) is 5.26 Å². The summed E-state index contributed by atoms with van der Waals surface area (Å²) < 4.78 is 0. The fraction of sp³-hybridized carbons (Fsp3) is 0.842. The zero-order valence-corrected chi connectivity index (χ0v) is 15.3. The molecule has 0 bridgehead atoms. The summed E-state index contributed by atoms with van der Waals surface area (Å²) in [7, 11) is 0. The first kappa shape index (κ1) is 18.2. The Hall–Kier alpha value is -1.61. The van der Waals surface area contributed by atoms with Gasteiger partial charge in [0.15, 0.2) is 0 Å². The highest BCUT2D eigenvalue weighted by atomic mass is 16.2. The Bertz CT molecular complexity index is 550. The summed E-state index contributed by atoms with van der Waals surface area (Å²) >= 11 is 0. The van der Waals surface area contributed by atoms with E-state index in [1.165, 1.54) is 0 Å². The summed E-state index contributed by atoms with van der Waals surface area (Å²) in [6.45, 7) is 3.73. The summed E-state index contributed by atoms with van der Waals surface area (Å²) in [5.41, 5.74) is -0.663. The third-order valence-corrected chi connectivity index (χ3v) is 6.21. The maximum atomic E-state index is 12.6. The Morgan fingerprint density at radius 1 is 1.08 bits per heavy atom. The number of nitrogens with zero attached hydrogens (tertiary/aromatic N) is 3. The van der Waals surface area contributed by atoms with E-state index in [0.717, 1.165) is 70.9 Å². The first-order chi connectivity index (χ1) is 12.0. The van der Waals surface area contributed by atoms with Crippen molar-refractivity contribution in [3.63, 3.8) is 0 Å². The Morgan fingerprint density at radius 3 is 2.44 bits per heavy atom. The third-order valence-electron chi connectivity index (χ3n) is 6.21. The van der Waals surface area contributed by atoms with Crippen LogP contribution in [0.15, 0.2) is 0 Å². The number of carbonyl (C=O) groups is 2. The van der Waals surface area contributed by atoms with Crippen molar-refractivity contribution in [3.8, 4) is 6.07 Å². The van der Waals surface area contributed by atoms with Gasteiger partial charge in [-0.1, -0.05) is 19.3 Å². The van der Waals surface area contributed by atoms with E-state index in [-0.39, 0.29) is 23.9 Å². The molecule has 1 saturated carbocycles. The molecule has 0 aromatic heterocycles. The normalized spacial score (nSPS) is 29.4. The molecule has 0 aromatic carbocycles. The van der Waals surface area contributed by atoms with Gasteiger partial charge in [0.05, 0.1) is 12.6 Å². The molecule has 2 amide bonds. The summed E-state index contributed by atoms with van der Waals surface area (Å²) in [4.78, 5) is 28.7. The monoisotopic (exact) mass is 346 g/mol. The van der Waals surface area contributed by atoms with Crippen molar-refractivity contribution in [2.45, 2.75) is 82.3 Å². The predicted octanol–water partition coefficient (Wildman–Crippen LogP) is 1.80. The molecule has 1 aliphatic carbocycles. The van der Waals surface area contributed by atoms with E-state index in [1.54, 1.807) is 6.92 Å². The molecular weight excluding hydrogens is 316 g/mol. The lowest BCUT2D eigenvalue weighted by molar-refractivity contribution is -0.130. The second-order valence-corrected chi connectivity index (χ2v) is 7.90.